The Labute approximate surface area is 166 Å². The number of benzene rings is 1. The highest BCUT2D eigenvalue weighted by Crippen LogP contribution is 2.41. The summed E-state index contributed by atoms with van der Waals surface area (Å²) in [4.78, 5) is 17.5. The molecule has 158 valence electrons. The van der Waals surface area contributed by atoms with Crippen molar-refractivity contribution >= 4 is 11.6 Å². The molecule has 1 aliphatic rings. The minimum absolute atomic E-state index is 0.00453. The van der Waals surface area contributed by atoms with E-state index < -0.39 is 46.8 Å². The zero-order chi connectivity index (χ0) is 22.3. The maximum atomic E-state index is 13.6. The predicted molar refractivity (Wildman–Crippen MR) is 92.9 cm³/mol. The average Bonchev–Trinajstić information content (AvgIpc) is 2.77. The standard InChI is InChI=1S/C20H13F7N2O/c1-2-7-29-16-6-4-13(21)8-11(16)3-5-14(18(29)30)17-15(20(25,26)27)9-12(10-28-17)19(22,23)24/h1,4,6,8-10,14H,3,5,7H2. The number of carbonyl (C=O) groups excluding carboxylic acids is 1. The molecule has 0 saturated carbocycles. The van der Waals surface area contributed by atoms with E-state index in [4.69, 9.17) is 6.42 Å². The molecule has 2 heterocycles. The number of nitrogens with zero attached hydrogens (tertiary/aromatic N) is 2. The summed E-state index contributed by atoms with van der Waals surface area (Å²) in [6.45, 7) is -0.310. The van der Waals surface area contributed by atoms with Crippen molar-refractivity contribution in [2.24, 2.45) is 0 Å². The largest absolute Gasteiger partial charge is 0.418 e. The van der Waals surface area contributed by atoms with E-state index in [1.54, 1.807) is 0 Å². The Bertz CT molecular complexity index is 1020. The van der Waals surface area contributed by atoms with Gasteiger partial charge in [-0.1, -0.05) is 5.92 Å². The van der Waals surface area contributed by atoms with Crippen LogP contribution in [0.5, 0.6) is 0 Å². The van der Waals surface area contributed by atoms with Crippen LogP contribution in [-0.2, 0) is 23.6 Å². The van der Waals surface area contributed by atoms with E-state index in [-0.39, 0.29) is 37.3 Å². The van der Waals surface area contributed by atoms with Gasteiger partial charge in [0.05, 0.1) is 29.3 Å². The second kappa shape index (κ2) is 7.63. The van der Waals surface area contributed by atoms with Crippen LogP contribution >= 0.6 is 0 Å². The second-order valence-corrected chi connectivity index (χ2v) is 6.65. The molecule has 1 unspecified atom stereocenters. The molecule has 3 nitrogen and oxygen atoms in total. The summed E-state index contributed by atoms with van der Waals surface area (Å²) in [5, 5.41) is 0. The molecule has 30 heavy (non-hydrogen) atoms. The lowest BCUT2D eigenvalue weighted by atomic mass is 9.92. The van der Waals surface area contributed by atoms with Crippen LogP contribution < -0.4 is 4.90 Å². The Morgan fingerprint density at radius 1 is 1.13 bits per heavy atom. The van der Waals surface area contributed by atoms with Gasteiger partial charge in [-0.25, -0.2) is 4.39 Å². The molecule has 1 amide bonds. The van der Waals surface area contributed by atoms with Gasteiger partial charge in [0.25, 0.3) is 0 Å². The molecule has 2 aromatic rings. The number of alkyl halides is 6. The van der Waals surface area contributed by atoms with Crippen LogP contribution in [0.2, 0.25) is 0 Å². The van der Waals surface area contributed by atoms with Gasteiger partial charge in [0.2, 0.25) is 5.91 Å². The summed E-state index contributed by atoms with van der Waals surface area (Å²) in [6.07, 6.45) is -4.88. The smallest absolute Gasteiger partial charge is 0.300 e. The lowest BCUT2D eigenvalue weighted by Gasteiger charge is -2.25. The molecule has 0 bridgehead atoms. The third-order valence-corrected chi connectivity index (χ3v) is 4.73. The minimum atomic E-state index is -5.17. The summed E-state index contributed by atoms with van der Waals surface area (Å²) in [5.74, 6) is -0.748. The predicted octanol–water partition coefficient (Wildman–Crippen LogP) is 4.95. The van der Waals surface area contributed by atoms with Gasteiger partial charge in [0.1, 0.15) is 5.82 Å². The first-order valence-corrected chi connectivity index (χ1v) is 8.61. The van der Waals surface area contributed by atoms with Crippen LogP contribution in [0.3, 0.4) is 0 Å². The number of hydrogen-bond donors (Lipinski definition) is 0. The van der Waals surface area contributed by atoms with Gasteiger partial charge in [-0.2, -0.15) is 26.3 Å². The maximum Gasteiger partial charge on any atom is 0.418 e. The molecule has 10 heteroatoms. The van der Waals surface area contributed by atoms with Crippen LogP contribution in [0.4, 0.5) is 36.4 Å². The van der Waals surface area contributed by atoms with Crippen molar-refractivity contribution in [2.45, 2.75) is 31.1 Å². The van der Waals surface area contributed by atoms with E-state index in [0.717, 1.165) is 17.0 Å². The number of halogens is 7. The molecule has 0 saturated heterocycles. The number of aryl methyl sites for hydroxylation is 1. The van der Waals surface area contributed by atoms with Crippen LogP contribution in [0.15, 0.2) is 30.5 Å². The van der Waals surface area contributed by atoms with E-state index in [9.17, 15) is 35.5 Å². The zero-order valence-electron chi connectivity index (χ0n) is 15.1. The first-order valence-electron chi connectivity index (χ1n) is 8.61. The van der Waals surface area contributed by atoms with Crippen LogP contribution in [0.1, 0.15) is 34.7 Å². The molecule has 0 N–H and O–H groups in total. The number of aromatic nitrogens is 1. The molecular weight excluding hydrogens is 417 g/mol. The van der Waals surface area contributed by atoms with Crippen LogP contribution in [0.25, 0.3) is 0 Å². The molecule has 1 aromatic carbocycles. The minimum Gasteiger partial charge on any atom is -0.300 e. The van der Waals surface area contributed by atoms with Gasteiger partial charge in [0.15, 0.2) is 0 Å². The first-order chi connectivity index (χ1) is 13.9. The molecule has 0 spiro atoms. The fourth-order valence-electron chi connectivity index (χ4n) is 3.39. The Morgan fingerprint density at radius 3 is 2.43 bits per heavy atom. The van der Waals surface area contributed by atoms with Crippen molar-refractivity contribution in [3.05, 3.63) is 58.7 Å². The highest BCUT2D eigenvalue weighted by Gasteiger charge is 2.43. The SMILES string of the molecule is C#CCN1C(=O)C(c2ncc(C(F)(F)F)cc2C(F)(F)F)CCc2cc(F)ccc21. The highest BCUT2D eigenvalue weighted by molar-refractivity contribution is 5.99. The van der Waals surface area contributed by atoms with Crippen molar-refractivity contribution in [1.29, 1.82) is 0 Å². The monoisotopic (exact) mass is 430 g/mol. The number of amides is 1. The van der Waals surface area contributed by atoms with Gasteiger partial charge >= 0.3 is 12.4 Å². The molecule has 0 radical (unpaired) electrons. The van der Waals surface area contributed by atoms with Crippen molar-refractivity contribution in [3.8, 4) is 12.3 Å². The van der Waals surface area contributed by atoms with E-state index in [0.29, 0.717) is 5.56 Å². The van der Waals surface area contributed by atoms with E-state index >= 15 is 0 Å². The van der Waals surface area contributed by atoms with Gasteiger partial charge in [0, 0.05) is 11.9 Å². The quantitative estimate of drug-likeness (QED) is 0.499. The summed E-state index contributed by atoms with van der Waals surface area (Å²) < 4.78 is 93.0. The molecule has 0 aliphatic carbocycles. The molecule has 3 rings (SSSR count). The third-order valence-electron chi connectivity index (χ3n) is 4.73. The lowest BCUT2D eigenvalue weighted by Crippen LogP contribution is -2.36. The Kier molecular flexibility index (Phi) is 5.50. The molecule has 1 aromatic heterocycles. The average molecular weight is 430 g/mol. The zero-order valence-corrected chi connectivity index (χ0v) is 15.1. The first kappa shape index (κ1) is 21.6. The van der Waals surface area contributed by atoms with Crippen molar-refractivity contribution in [2.75, 3.05) is 11.4 Å². The molecule has 0 fully saturated rings. The Hall–Kier alpha value is -3.09. The van der Waals surface area contributed by atoms with Gasteiger partial charge in [-0.05, 0) is 42.7 Å². The van der Waals surface area contributed by atoms with Gasteiger partial charge < -0.3 is 0 Å². The number of rotatable bonds is 2. The summed E-state index contributed by atoms with van der Waals surface area (Å²) >= 11 is 0. The Balaban J connectivity index is 2.14. The highest BCUT2D eigenvalue weighted by atomic mass is 19.4. The fourth-order valence-corrected chi connectivity index (χ4v) is 3.39. The maximum absolute atomic E-state index is 13.6. The third kappa shape index (κ3) is 4.10. The van der Waals surface area contributed by atoms with Gasteiger partial charge in [-0.3, -0.25) is 14.7 Å². The van der Waals surface area contributed by atoms with E-state index in [1.165, 1.54) is 6.07 Å². The van der Waals surface area contributed by atoms with Crippen molar-refractivity contribution in [1.82, 2.24) is 4.98 Å². The van der Waals surface area contributed by atoms with E-state index in [2.05, 4.69) is 10.9 Å². The Morgan fingerprint density at radius 2 is 1.83 bits per heavy atom. The molecule has 1 aliphatic heterocycles. The number of fused-ring (bicyclic) bond motifs is 1. The van der Waals surface area contributed by atoms with Crippen molar-refractivity contribution in [3.63, 3.8) is 0 Å². The normalized spacial score (nSPS) is 17.3. The fraction of sp³-hybridized carbons (Fsp3) is 0.300. The summed E-state index contributed by atoms with van der Waals surface area (Å²) in [6, 6.07) is 3.44. The van der Waals surface area contributed by atoms with Gasteiger partial charge in [-0.15, -0.1) is 6.42 Å². The number of carbonyl (C=O) groups is 1. The van der Waals surface area contributed by atoms with E-state index in [1.807, 2.05) is 0 Å². The van der Waals surface area contributed by atoms with Crippen molar-refractivity contribution < 1.29 is 35.5 Å². The number of terminal acetylenes is 1. The molecule has 1 atom stereocenters. The number of anilines is 1. The number of hydrogen-bond acceptors (Lipinski definition) is 2. The molecular formula is C20H13F7N2O. The number of pyridine rings is 1. The second-order valence-electron chi connectivity index (χ2n) is 6.65. The van der Waals surface area contributed by atoms with Crippen LogP contribution in [0, 0.1) is 18.2 Å². The topological polar surface area (TPSA) is 33.2 Å². The summed E-state index contributed by atoms with van der Waals surface area (Å²) in [5.41, 5.74) is -3.46. The van der Waals surface area contributed by atoms with Crippen LogP contribution in [-0.4, -0.2) is 17.4 Å². The lowest BCUT2D eigenvalue weighted by molar-refractivity contribution is -0.144. The summed E-state index contributed by atoms with van der Waals surface area (Å²) in [7, 11) is 0.